The monoisotopic (exact) mass is 451 g/mol. The molecular weight excluding hydrogens is 430 g/mol. The lowest BCUT2D eigenvalue weighted by molar-refractivity contribution is -0.131. The number of furan rings is 1. The molecule has 2 aliphatic rings. The zero-order chi connectivity index (χ0) is 22.4. The summed E-state index contributed by atoms with van der Waals surface area (Å²) in [6.45, 7) is 0. The number of hydrogen-bond acceptors (Lipinski definition) is 5. The van der Waals surface area contributed by atoms with E-state index in [4.69, 9.17) is 20.8 Å². The molecule has 6 nitrogen and oxygen atoms in total. The predicted molar refractivity (Wildman–Crippen MR) is 120 cm³/mol. The second kappa shape index (κ2) is 8.02. The van der Waals surface area contributed by atoms with Gasteiger partial charge in [-0.2, -0.15) is 0 Å². The van der Waals surface area contributed by atoms with Crippen LogP contribution < -0.4 is 4.74 Å². The van der Waals surface area contributed by atoms with Gasteiger partial charge in [-0.15, -0.1) is 0 Å². The fraction of sp³-hybridized carbons (Fsp3) is 0.280. The number of fused-ring (bicyclic) bond motifs is 1. The summed E-state index contributed by atoms with van der Waals surface area (Å²) >= 11 is 6.07. The Hall–Kier alpha value is -3.25. The van der Waals surface area contributed by atoms with Gasteiger partial charge in [0.1, 0.15) is 0 Å². The van der Waals surface area contributed by atoms with Gasteiger partial charge in [0.05, 0.1) is 18.7 Å². The molecule has 0 saturated heterocycles. The highest BCUT2D eigenvalue weighted by Gasteiger charge is 2.47. The average Bonchev–Trinajstić information content (AvgIpc) is 3.53. The standard InChI is InChI=1S/C25H22ClNO5/c1-31-18-8-4-5-15-13-19(32-24(15)18)22(28)20-21(14-9-11-16(26)12-10-14)27(25(30)23(20)29)17-6-2-3-7-17/h4-5,8-13,17,21,29H,2-3,6-7H2,1H3. The van der Waals surface area contributed by atoms with Crippen molar-refractivity contribution in [2.75, 3.05) is 7.11 Å². The first kappa shape index (κ1) is 20.6. The second-order valence-electron chi connectivity index (χ2n) is 8.19. The van der Waals surface area contributed by atoms with Crippen LogP contribution in [0.1, 0.15) is 47.8 Å². The molecule has 1 aromatic heterocycles. The van der Waals surface area contributed by atoms with E-state index >= 15 is 0 Å². The number of methoxy groups -OCH3 is 1. The molecule has 164 valence electrons. The first-order chi connectivity index (χ1) is 15.5. The Bertz CT molecular complexity index is 1240. The summed E-state index contributed by atoms with van der Waals surface area (Å²) in [6.07, 6.45) is 3.70. The maximum atomic E-state index is 13.6. The predicted octanol–water partition coefficient (Wildman–Crippen LogP) is 5.62. The number of aliphatic hydroxyl groups excluding tert-OH is 1. The molecule has 3 aromatic rings. The molecule has 0 spiro atoms. The molecule has 1 aliphatic heterocycles. The number of nitrogens with zero attached hydrogens (tertiary/aromatic N) is 1. The molecule has 1 saturated carbocycles. The minimum absolute atomic E-state index is 0.0299. The molecule has 1 N–H and O–H groups in total. The summed E-state index contributed by atoms with van der Waals surface area (Å²) in [5, 5.41) is 12.1. The van der Waals surface area contributed by atoms with Gasteiger partial charge in [-0.05, 0) is 42.7 Å². The van der Waals surface area contributed by atoms with Crippen LogP contribution in [-0.4, -0.2) is 34.8 Å². The highest BCUT2D eigenvalue weighted by molar-refractivity contribution is 6.30. The SMILES string of the molecule is COc1cccc2cc(C(=O)C3=C(O)C(=O)N(C4CCCC4)C3c3ccc(Cl)cc3)oc12. The van der Waals surface area contributed by atoms with Crippen LogP contribution in [0.15, 0.2) is 64.3 Å². The smallest absolute Gasteiger partial charge is 0.290 e. The van der Waals surface area contributed by atoms with Crippen LogP contribution >= 0.6 is 11.6 Å². The molecule has 32 heavy (non-hydrogen) atoms. The molecule has 2 aromatic carbocycles. The van der Waals surface area contributed by atoms with Gasteiger partial charge in [-0.3, -0.25) is 9.59 Å². The van der Waals surface area contributed by atoms with Gasteiger partial charge >= 0.3 is 0 Å². The number of aliphatic hydroxyl groups is 1. The molecule has 1 aliphatic carbocycles. The van der Waals surface area contributed by atoms with Crippen LogP contribution in [0.25, 0.3) is 11.0 Å². The summed E-state index contributed by atoms with van der Waals surface area (Å²) in [4.78, 5) is 28.4. The van der Waals surface area contributed by atoms with E-state index in [2.05, 4.69) is 0 Å². The molecule has 1 amide bonds. The highest BCUT2D eigenvalue weighted by atomic mass is 35.5. The molecule has 2 heterocycles. The lowest BCUT2D eigenvalue weighted by Gasteiger charge is -2.32. The zero-order valence-electron chi connectivity index (χ0n) is 17.5. The highest BCUT2D eigenvalue weighted by Crippen LogP contribution is 2.44. The van der Waals surface area contributed by atoms with E-state index < -0.39 is 23.5 Å². The fourth-order valence-electron chi connectivity index (χ4n) is 4.83. The van der Waals surface area contributed by atoms with E-state index in [1.807, 2.05) is 6.07 Å². The lowest BCUT2D eigenvalue weighted by atomic mass is 9.94. The average molecular weight is 452 g/mol. The van der Waals surface area contributed by atoms with Crippen LogP contribution in [-0.2, 0) is 4.79 Å². The number of rotatable bonds is 5. The number of Topliss-reactive ketones (excluding diaryl/α,β-unsaturated/α-hetero) is 1. The van der Waals surface area contributed by atoms with E-state index in [-0.39, 0.29) is 17.4 Å². The zero-order valence-corrected chi connectivity index (χ0v) is 18.3. The number of carbonyl (C=O) groups excluding carboxylic acids is 2. The van der Waals surface area contributed by atoms with Gasteiger partial charge in [0.2, 0.25) is 5.78 Å². The number of halogens is 1. The number of amides is 1. The number of para-hydroxylation sites is 1. The minimum atomic E-state index is -0.703. The Morgan fingerprint density at radius 3 is 2.56 bits per heavy atom. The van der Waals surface area contributed by atoms with E-state index in [0.717, 1.165) is 31.2 Å². The van der Waals surface area contributed by atoms with Crippen molar-refractivity contribution >= 4 is 34.3 Å². The third kappa shape index (κ3) is 3.26. The second-order valence-corrected chi connectivity index (χ2v) is 8.62. The van der Waals surface area contributed by atoms with Gasteiger partial charge in [-0.1, -0.05) is 48.7 Å². The van der Waals surface area contributed by atoms with Crippen molar-refractivity contribution in [1.29, 1.82) is 0 Å². The third-order valence-electron chi connectivity index (χ3n) is 6.34. The van der Waals surface area contributed by atoms with Crippen molar-refractivity contribution in [2.45, 2.75) is 37.8 Å². The molecule has 1 unspecified atom stereocenters. The first-order valence-electron chi connectivity index (χ1n) is 10.6. The van der Waals surface area contributed by atoms with E-state index in [0.29, 0.717) is 21.7 Å². The van der Waals surface area contributed by atoms with E-state index in [1.165, 1.54) is 7.11 Å². The van der Waals surface area contributed by atoms with Crippen LogP contribution in [0.3, 0.4) is 0 Å². The van der Waals surface area contributed by atoms with Gasteiger partial charge in [0.25, 0.3) is 5.91 Å². The van der Waals surface area contributed by atoms with Crippen LogP contribution in [0.4, 0.5) is 0 Å². The Labute approximate surface area is 190 Å². The van der Waals surface area contributed by atoms with Crippen molar-refractivity contribution in [3.63, 3.8) is 0 Å². The molecule has 7 heteroatoms. The summed E-state index contributed by atoms with van der Waals surface area (Å²) in [5.41, 5.74) is 1.19. The maximum Gasteiger partial charge on any atom is 0.290 e. The third-order valence-corrected chi connectivity index (χ3v) is 6.60. The van der Waals surface area contributed by atoms with Gasteiger partial charge < -0.3 is 19.2 Å². The van der Waals surface area contributed by atoms with Crippen LogP contribution in [0.2, 0.25) is 5.02 Å². The first-order valence-corrected chi connectivity index (χ1v) is 11.0. The van der Waals surface area contributed by atoms with Crippen molar-refractivity contribution in [1.82, 2.24) is 4.90 Å². The molecular formula is C25H22ClNO5. The van der Waals surface area contributed by atoms with E-state index in [1.54, 1.807) is 47.4 Å². The van der Waals surface area contributed by atoms with Crippen LogP contribution in [0.5, 0.6) is 5.75 Å². The molecule has 5 rings (SSSR count). The molecule has 0 bridgehead atoms. The maximum absolute atomic E-state index is 13.6. The quantitative estimate of drug-likeness (QED) is 0.509. The number of benzene rings is 2. The van der Waals surface area contributed by atoms with Crippen LogP contribution in [0, 0.1) is 0 Å². The minimum Gasteiger partial charge on any atom is -0.503 e. The largest absolute Gasteiger partial charge is 0.503 e. The Morgan fingerprint density at radius 2 is 1.88 bits per heavy atom. The van der Waals surface area contributed by atoms with Gasteiger partial charge in [0.15, 0.2) is 22.9 Å². The van der Waals surface area contributed by atoms with Crippen molar-refractivity contribution in [3.8, 4) is 5.75 Å². The van der Waals surface area contributed by atoms with Gasteiger partial charge in [0, 0.05) is 16.5 Å². The van der Waals surface area contributed by atoms with Crippen molar-refractivity contribution in [2.24, 2.45) is 0 Å². The summed E-state index contributed by atoms with van der Waals surface area (Å²) in [5.74, 6) is -1.01. The Kier molecular flexibility index (Phi) is 5.18. The normalized spacial score (nSPS) is 19.4. The number of ketones is 1. The Balaban J connectivity index is 1.62. The molecule has 1 fully saturated rings. The summed E-state index contributed by atoms with van der Waals surface area (Å²) in [7, 11) is 1.53. The number of carbonyl (C=O) groups is 2. The number of hydrogen-bond donors (Lipinski definition) is 1. The summed E-state index contributed by atoms with van der Waals surface area (Å²) in [6, 6.07) is 13.3. The van der Waals surface area contributed by atoms with Crippen molar-refractivity contribution in [3.05, 3.63) is 76.2 Å². The van der Waals surface area contributed by atoms with E-state index in [9.17, 15) is 14.7 Å². The molecule has 1 atom stereocenters. The lowest BCUT2D eigenvalue weighted by Crippen LogP contribution is -2.38. The van der Waals surface area contributed by atoms with Crippen molar-refractivity contribution < 1.29 is 23.8 Å². The number of ether oxygens (including phenoxy) is 1. The topological polar surface area (TPSA) is 80.0 Å². The fourth-order valence-corrected chi connectivity index (χ4v) is 4.95. The molecule has 0 radical (unpaired) electrons. The Morgan fingerprint density at radius 1 is 1.16 bits per heavy atom. The van der Waals surface area contributed by atoms with Gasteiger partial charge in [-0.25, -0.2) is 0 Å². The summed E-state index contributed by atoms with van der Waals surface area (Å²) < 4.78 is 11.2.